The quantitative estimate of drug-likeness (QED) is 0.135. The molecule has 0 heterocycles. The summed E-state index contributed by atoms with van der Waals surface area (Å²) in [6.07, 6.45) is 0. The highest BCUT2D eigenvalue weighted by molar-refractivity contribution is 7.89. The zero-order chi connectivity index (χ0) is 37.7. The van der Waals surface area contributed by atoms with Gasteiger partial charge in [0.25, 0.3) is 11.8 Å². The topological polar surface area (TPSA) is 170 Å². The molecule has 2 N–H and O–H groups in total. The molecule has 14 nitrogen and oxygen atoms in total. The van der Waals surface area contributed by atoms with Gasteiger partial charge in [-0.2, -0.15) is 8.61 Å². The second-order valence-corrected chi connectivity index (χ2v) is 15.3. The molecule has 0 aromatic heterocycles. The van der Waals surface area contributed by atoms with Crippen LogP contribution in [0.25, 0.3) is 10.8 Å². The highest BCUT2D eigenvalue weighted by Crippen LogP contribution is 2.30. The van der Waals surface area contributed by atoms with E-state index in [-0.39, 0.29) is 73.5 Å². The molecule has 16 heteroatoms. The Morgan fingerprint density at radius 1 is 0.500 bits per heavy atom. The summed E-state index contributed by atoms with van der Waals surface area (Å²) in [6.45, 7) is 1.44. The minimum atomic E-state index is -3.86. The molecule has 0 atom stereocenters. The predicted octanol–water partition coefficient (Wildman–Crippen LogP) is 3.91. The van der Waals surface area contributed by atoms with Gasteiger partial charge in [0.05, 0.1) is 36.2 Å². The summed E-state index contributed by atoms with van der Waals surface area (Å²) in [5.41, 5.74) is 1.43. The highest BCUT2D eigenvalue weighted by atomic mass is 32.2. The number of benzene rings is 4. The first-order chi connectivity index (χ1) is 25.0. The van der Waals surface area contributed by atoms with Gasteiger partial charge in [-0.05, 0) is 60.7 Å². The molecule has 0 saturated carbocycles. The van der Waals surface area contributed by atoms with Crippen LogP contribution in [0, 0.1) is 0 Å². The fourth-order valence-electron chi connectivity index (χ4n) is 5.25. The molecule has 52 heavy (non-hydrogen) atoms. The van der Waals surface area contributed by atoms with Crippen molar-refractivity contribution in [1.29, 1.82) is 0 Å². The number of nitrogens with zero attached hydrogens (tertiary/aromatic N) is 2. The van der Waals surface area contributed by atoms with Crippen LogP contribution >= 0.6 is 0 Å². The molecule has 4 aromatic rings. The lowest BCUT2D eigenvalue weighted by Crippen LogP contribution is -2.36. The normalized spacial score (nSPS) is 12.0. The second kappa shape index (κ2) is 19.0. The molecule has 4 aromatic carbocycles. The molecule has 0 bridgehead atoms. The van der Waals surface area contributed by atoms with Crippen molar-refractivity contribution < 1.29 is 45.4 Å². The van der Waals surface area contributed by atoms with Gasteiger partial charge >= 0.3 is 0 Å². The van der Waals surface area contributed by atoms with Crippen molar-refractivity contribution in [3.63, 3.8) is 0 Å². The number of nitrogens with one attached hydrogen (secondary N) is 2. The van der Waals surface area contributed by atoms with Gasteiger partial charge in [0.2, 0.25) is 20.0 Å². The van der Waals surface area contributed by atoms with Crippen LogP contribution in [0.2, 0.25) is 0 Å². The number of methoxy groups -OCH3 is 4. The van der Waals surface area contributed by atoms with E-state index in [0.717, 1.165) is 0 Å². The van der Waals surface area contributed by atoms with E-state index in [4.69, 9.17) is 18.9 Å². The van der Waals surface area contributed by atoms with E-state index in [0.29, 0.717) is 22.1 Å². The van der Waals surface area contributed by atoms with Crippen LogP contribution in [0.1, 0.15) is 20.7 Å². The molecule has 0 fully saturated rings. The van der Waals surface area contributed by atoms with Crippen molar-refractivity contribution in [1.82, 2.24) is 8.61 Å². The summed E-state index contributed by atoms with van der Waals surface area (Å²) in [7, 11) is -1.76. The molecule has 0 radical (unpaired) electrons. The van der Waals surface area contributed by atoms with E-state index in [1.807, 2.05) is 0 Å². The van der Waals surface area contributed by atoms with Gasteiger partial charge in [-0.15, -0.1) is 0 Å². The maximum atomic E-state index is 13.3. The second-order valence-electron chi connectivity index (χ2n) is 11.4. The molecule has 280 valence electrons. The van der Waals surface area contributed by atoms with Gasteiger partial charge in [0, 0.05) is 87.9 Å². The number of rotatable bonds is 20. The van der Waals surface area contributed by atoms with Crippen molar-refractivity contribution in [3.05, 3.63) is 96.1 Å². The lowest BCUT2D eigenvalue weighted by molar-refractivity contribution is 0.101. The van der Waals surface area contributed by atoms with Crippen LogP contribution in [-0.4, -0.2) is 118 Å². The number of sulfonamides is 2. The smallest absolute Gasteiger partial charge is 0.255 e. The Balaban J connectivity index is 1.49. The molecule has 4 rings (SSSR count). The SMILES string of the molecule is COCCN(CCOC)S(=O)(=O)c1ccc(C(=O)Nc2cccc3c(NC(=O)c4ccc(S(=O)(=O)N(CCOC)CCOC)cc4)cccc23)cc1. The van der Waals surface area contributed by atoms with E-state index in [1.165, 1.54) is 85.6 Å². The average Bonchev–Trinajstić information content (AvgIpc) is 3.15. The maximum absolute atomic E-state index is 13.3. The van der Waals surface area contributed by atoms with Crippen LogP contribution in [0.15, 0.2) is 94.7 Å². The predicted molar refractivity (Wildman–Crippen MR) is 198 cm³/mol. The molecule has 2 amide bonds. The number of fused-ring (bicyclic) bond motifs is 1. The third-order valence-electron chi connectivity index (χ3n) is 8.11. The van der Waals surface area contributed by atoms with Crippen molar-refractivity contribution in [2.24, 2.45) is 0 Å². The Kier molecular flexibility index (Phi) is 14.8. The van der Waals surface area contributed by atoms with Crippen molar-refractivity contribution in [2.75, 3.05) is 91.7 Å². The summed E-state index contributed by atoms with van der Waals surface area (Å²) in [6, 6.07) is 21.8. The van der Waals surface area contributed by atoms with Gasteiger partial charge in [0.15, 0.2) is 0 Å². The van der Waals surface area contributed by atoms with Crippen molar-refractivity contribution in [2.45, 2.75) is 9.79 Å². The van der Waals surface area contributed by atoms with Crippen LogP contribution in [0.3, 0.4) is 0 Å². The molecule has 0 saturated heterocycles. The summed E-state index contributed by atoms with van der Waals surface area (Å²) in [5.74, 6) is -0.917. The van der Waals surface area contributed by atoms with E-state index < -0.39 is 31.9 Å². The number of amides is 2. The van der Waals surface area contributed by atoms with Gasteiger partial charge in [0.1, 0.15) is 0 Å². The van der Waals surface area contributed by atoms with E-state index in [9.17, 15) is 26.4 Å². The van der Waals surface area contributed by atoms with E-state index in [2.05, 4.69) is 10.6 Å². The molecule has 0 aliphatic heterocycles. The highest BCUT2D eigenvalue weighted by Gasteiger charge is 2.26. The number of ether oxygens (including phenoxy) is 4. The Morgan fingerprint density at radius 2 is 0.808 bits per heavy atom. The van der Waals surface area contributed by atoms with Crippen LogP contribution in [-0.2, 0) is 39.0 Å². The van der Waals surface area contributed by atoms with Crippen molar-refractivity contribution >= 4 is 54.0 Å². The third kappa shape index (κ3) is 9.99. The summed E-state index contributed by atoms with van der Waals surface area (Å²) < 4.78 is 75.8. The van der Waals surface area contributed by atoms with Gasteiger partial charge < -0.3 is 29.6 Å². The fourth-order valence-corrected chi connectivity index (χ4v) is 8.06. The first-order valence-corrected chi connectivity index (χ1v) is 19.2. The Hall–Kier alpha value is -4.26. The summed E-state index contributed by atoms with van der Waals surface area (Å²) in [4.78, 5) is 26.7. The zero-order valence-corrected chi connectivity index (χ0v) is 31.2. The number of carbonyl (C=O) groups excluding carboxylic acids is 2. The van der Waals surface area contributed by atoms with E-state index >= 15 is 0 Å². The number of hydrogen-bond acceptors (Lipinski definition) is 10. The Labute approximate surface area is 304 Å². The Bertz CT molecular complexity index is 1860. The Morgan fingerprint density at radius 3 is 1.10 bits per heavy atom. The molecule has 0 spiro atoms. The van der Waals surface area contributed by atoms with Crippen molar-refractivity contribution in [3.8, 4) is 0 Å². The average molecular weight is 757 g/mol. The lowest BCUT2D eigenvalue weighted by Gasteiger charge is -2.21. The first-order valence-electron chi connectivity index (χ1n) is 16.3. The third-order valence-corrected chi connectivity index (χ3v) is 11.9. The fraction of sp³-hybridized carbons (Fsp3) is 0.333. The van der Waals surface area contributed by atoms with Crippen LogP contribution in [0.4, 0.5) is 11.4 Å². The van der Waals surface area contributed by atoms with Crippen LogP contribution < -0.4 is 10.6 Å². The molecule has 0 aliphatic rings. The summed E-state index contributed by atoms with van der Waals surface area (Å²) >= 11 is 0. The lowest BCUT2D eigenvalue weighted by atomic mass is 10.1. The summed E-state index contributed by atoms with van der Waals surface area (Å²) in [5, 5.41) is 7.06. The largest absolute Gasteiger partial charge is 0.383 e. The molecular weight excluding hydrogens is 713 g/mol. The molecule has 0 aliphatic carbocycles. The van der Waals surface area contributed by atoms with E-state index in [1.54, 1.807) is 36.4 Å². The molecular formula is C36H44N4O10S2. The van der Waals surface area contributed by atoms with Gasteiger partial charge in [-0.3, -0.25) is 9.59 Å². The maximum Gasteiger partial charge on any atom is 0.255 e. The van der Waals surface area contributed by atoms with Gasteiger partial charge in [-0.1, -0.05) is 24.3 Å². The number of hydrogen-bond donors (Lipinski definition) is 2. The number of carbonyl (C=O) groups is 2. The minimum Gasteiger partial charge on any atom is -0.383 e. The monoisotopic (exact) mass is 756 g/mol. The van der Waals surface area contributed by atoms with Crippen LogP contribution in [0.5, 0.6) is 0 Å². The molecule has 0 unspecified atom stereocenters. The van der Waals surface area contributed by atoms with Gasteiger partial charge in [-0.25, -0.2) is 16.8 Å². The zero-order valence-electron chi connectivity index (χ0n) is 29.5. The first kappa shape index (κ1) is 40.5. The number of anilines is 2. The standard InChI is InChI=1S/C36H44N4O10S2/c1-47-23-19-39(20-24-48-2)51(43,44)29-15-11-27(12-16-29)35(41)37-33-9-5-8-32-31(33)7-6-10-34(32)38-36(42)28-13-17-30(18-14-28)52(45,46)40(21-25-49-3)22-26-50-4/h5-18H,19-26H2,1-4H3,(H,37,41)(H,38,42). The minimum absolute atomic E-state index is 0.0317.